The van der Waals surface area contributed by atoms with Crippen LogP contribution >= 0.6 is 0 Å². The van der Waals surface area contributed by atoms with Gasteiger partial charge in [-0.2, -0.15) is 4.40 Å². The third-order valence-electron chi connectivity index (χ3n) is 3.95. The fourth-order valence-corrected chi connectivity index (χ4v) is 3.81. The molecule has 1 atom stereocenters. The van der Waals surface area contributed by atoms with E-state index in [-0.39, 0.29) is 0 Å². The second-order valence-electron chi connectivity index (χ2n) is 5.60. The Morgan fingerprint density at radius 1 is 0.680 bits per heavy atom. The van der Waals surface area contributed by atoms with Gasteiger partial charge >= 0.3 is 0 Å². The fourth-order valence-electron chi connectivity index (χ4n) is 2.77. The number of hydrogen-bond donors (Lipinski definition) is 0. The maximum absolute atomic E-state index is 13.0. The summed E-state index contributed by atoms with van der Waals surface area (Å²) in [7, 11) is 0. The van der Waals surface area contributed by atoms with Gasteiger partial charge in [-0.25, -0.2) is 8.51 Å². The van der Waals surface area contributed by atoms with Crippen molar-refractivity contribution in [3.05, 3.63) is 108 Å². The van der Waals surface area contributed by atoms with E-state index in [0.717, 1.165) is 28.2 Å². The molecule has 0 radical (unpaired) electrons. The van der Waals surface area contributed by atoms with Crippen LogP contribution < -0.4 is 4.31 Å². The Kier molecular flexibility index (Phi) is 4.27. The Hall–Kier alpha value is -2.98. The van der Waals surface area contributed by atoms with Crippen LogP contribution in [0.15, 0.2) is 101 Å². The fraction of sp³-hybridized carbons (Fsp3) is 0. The molecule has 0 amide bonds. The van der Waals surface area contributed by atoms with Gasteiger partial charge in [0.05, 0.1) is 17.1 Å². The summed E-state index contributed by atoms with van der Waals surface area (Å²) in [6, 6.07) is 29.5. The Labute approximate surface area is 149 Å². The molecule has 3 nitrogen and oxygen atoms in total. The van der Waals surface area contributed by atoms with Crippen molar-refractivity contribution in [2.24, 2.45) is 4.40 Å². The molecule has 0 saturated carbocycles. The van der Waals surface area contributed by atoms with E-state index in [1.54, 1.807) is 4.31 Å². The highest BCUT2D eigenvalue weighted by Gasteiger charge is 2.25. The molecule has 1 aliphatic heterocycles. The second-order valence-corrected chi connectivity index (χ2v) is 6.61. The van der Waals surface area contributed by atoms with Gasteiger partial charge in [0.15, 0.2) is 0 Å². The molecule has 1 heterocycles. The molecule has 25 heavy (non-hydrogen) atoms. The smallest absolute Gasteiger partial charge is 0.240 e. The molecule has 0 saturated heterocycles. The van der Waals surface area contributed by atoms with E-state index in [2.05, 4.69) is 4.40 Å². The molecule has 4 rings (SSSR count). The average Bonchev–Trinajstić information content (AvgIpc) is 2.69. The van der Waals surface area contributed by atoms with Gasteiger partial charge in [0.25, 0.3) is 11.2 Å². The maximum atomic E-state index is 13.0. The summed E-state index contributed by atoms with van der Waals surface area (Å²) in [6.07, 6.45) is 2.00. The molecular formula is C21H16N2OS. The third kappa shape index (κ3) is 3.16. The zero-order chi connectivity index (χ0) is 17.1. The highest BCUT2D eigenvalue weighted by molar-refractivity contribution is 7.86. The van der Waals surface area contributed by atoms with Crippen LogP contribution in [0.2, 0.25) is 0 Å². The molecule has 4 heteroatoms. The largest absolute Gasteiger partial charge is 0.250 e. The molecule has 3 aromatic rings. The zero-order valence-corrected chi connectivity index (χ0v) is 14.3. The van der Waals surface area contributed by atoms with Crippen LogP contribution in [0.4, 0.5) is 5.69 Å². The number of hydrogen-bond acceptors (Lipinski definition) is 1. The first-order valence-electron chi connectivity index (χ1n) is 8.01. The minimum atomic E-state index is -1.54. The van der Waals surface area contributed by atoms with E-state index in [1.807, 2.05) is 97.1 Å². The summed E-state index contributed by atoms with van der Waals surface area (Å²) in [5.74, 6) is 0. The molecule has 0 aliphatic carbocycles. The maximum Gasteiger partial charge on any atom is 0.250 e. The van der Waals surface area contributed by atoms with E-state index in [0.29, 0.717) is 0 Å². The lowest BCUT2D eigenvalue weighted by Gasteiger charge is -2.27. The summed E-state index contributed by atoms with van der Waals surface area (Å²) in [6.45, 7) is 0. The topological polar surface area (TPSA) is 32.7 Å². The van der Waals surface area contributed by atoms with Crippen molar-refractivity contribution >= 4 is 28.3 Å². The third-order valence-corrected chi connectivity index (χ3v) is 5.03. The van der Waals surface area contributed by atoms with Crippen LogP contribution in [-0.2, 0) is 11.2 Å². The average molecular weight is 344 g/mol. The molecule has 3 aromatic carbocycles. The highest BCUT2D eigenvalue weighted by Crippen LogP contribution is 2.31. The molecule has 0 fully saturated rings. The zero-order valence-electron chi connectivity index (χ0n) is 13.4. The van der Waals surface area contributed by atoms with Gasteiger partial charge in [-0.3, -0.25) is 0 Å². The summed E-state index contributed by atoms with van der Waals surface area (Å²) >= 11 is -1.54. The standard InChI is InChI=1S/C21H16N2OS/c24-25-22-20(17-10-4-1-5-11-17)16-21(18-12-6-2-7-13-18)23(25)19-14-8-3-9-15-19/h1-16H. The molecule has 0 N–H and O–H groups in total. The molecule has 1 aliphatic rings. The van der Waals surface area contributed by atoms with Crippen molar-refractivity contribution < 1.29 is 4.21 Å². The monoisotopic (exact) mass is 344 g/mol. The molecule has 1 unspecified atom stereocenters. The lowest BCUT2D eigenvalue weighted by molar-refractivity contribution is 0.684. The van der Waals surface area contributed by atoms with E-state index < -0.39 is 11.2 Å². The highest BCUT2D eigenvalue weighted by atomic mass is 32.2. The van der Waals surface area contributed by atoms with Crippen LogP contribution in [0, 0.1) is 0 Å². The van der Waals surface area contributed by atoms with Crippen LogP contribution in [0.1, 0.15) is 11.1 Å². The van der Waals surface area contributed by atoms with Crippen molar-refractivity contribution in [2.45, 2.75) is 0 Å². The van der Waals surface area contributed by atoms with Crippen molar-refractivity contribution in [3.8, 4) is 0 Å². The summed E-state index contributed by atoms with van der Waals surface area (Å²) in [5.41, 5.74) is 4.41. The number of nitrogens with zero attached hydrogens (tertiary/aromatic N) is 2. The van der Waals surface area contributed by atoms with Gasteiger partial charge in [-0.05, 0) is 23.8 Å². The van der Waals surface area contributed by atoms with E-state index in [1.165, 1.54) is 0 Å². The van der Waals surface area contributed by atoms with Crippen LogP contribution in [0.5, 0.6) is 0 Å². The Bertz CT molecular complexity index is 951. The van der Waals surface area contributed by atoms with Gasteiger partial charge in [0.1, 0.15) is 0 Å². The minimum Gasteiger partial charge on any atom is -0.240 e. The Morgan fingerprint density at radius 3 is 1.80 bits per heavy atom. The van der Waals surface area contributed by atoms with E-state index >= 15 is 0 Å². The van der Waals surface area contributed by atoms with Gasteiger partial charge < -0.3 is 0 Å². The second kappa shape index (κ2) is 6.87. The van der Waals surface area contributed by atoms with E-state index in [4.69, 9.17) is 0 Å². The van der Waals surface area contributed by atoms with Crippen molar-refractivity contribution in [1.82, 2.24) is 0 Å². The number of benzene rings is 3. The first-order valence-corrected chi connectivity index (χ1v) is 9.08. The number of para-hydroxylation sites is 1. The van der Waals surface area contributed by atoms with Crippen LogP contribution in [0.3, 0.4) is 0 Å². The van der Waals surface area contributed by atoms with Crippen LogP contribution in [-0.4, -0.2) is 9.92 Å². The van der Waals surface area contributed by atoms with Crippen molar-refractivity contribution in [3.63, 3.8) is 0 Å². The van der Waals surface area contributed by atoms with E-state index in [9.17, 15) is 4.21 Å². The summed E-state index contributed by atoms with van der Waals surface area (Å²) in [5, 5.41) is 0. The predicted octanol–water partition coefficient (Wildman–Crippen LogP) is 4.62. The van der Waals surface area contributed by atoms with Crippen LogP contribution in [0.25, 0.3) is 5.70 Å². The summed E-state index contributed by atoms with van der Waals surface area (Å²) in [4.78, 5) is 0. The SMILES string of the molecule is O=S1N=C(c2ccccc2)C=C(c2ccccc2)N1c1ccccc1. The minimum absolute atomic E-state index is 0.727. The lowest BCUT2D eigenvalue weighted by Crippen LogP contribution is -2.27. The number of allylic oxidation sites excluding steroid dienone is 1. The van der Waals surface area contributed by atoms with Gasteiger partial charge in [0.2, 0.25) is 0 Å². The molecule has 0 spiro atoms. The van der Waals surface area contributed by atoms with Crippen molar-refractivity contribution in [1.29, 1.82) is 0 Å². The predicted molar refractivity (Wildman–Crippen MR) is 104 cm³/mol. The number of rotatable bonds is 3. The molecule has 0 bridgehead atoms. The summed E-state index contributed by atoms with van der Waals surface area (Å²) < 4.78 is 19.2. The van der Waals surface area contributed by atoms with Crippen molar-refractivity contribution in [2.75, 3.05) is 4.31 Å². The van der Waals surface area contributed by atoms with Gasteiger partial charge in [0, 0.05) is 5.56 Å². The molecule has 122 valence electrons. The molecule has 0 aromatic heterocycles. The van der Waals surface area contributed by atoms with Gasteiger partial charge in [-0.15, -0.1) is 0 Å². The Morgan fingerprint density at radius 2 is 1.20 bits per heavy atom. The lowest BCUT2D eigenvalue weighted by atomic mass is 10.1. The molecular weight excluding hydrogens is 328 g/mol. The normalized spacial score (nSPS) is 17.0. The van der Waals surface area contributed by atoms with Gasteiger partial charge in [-0.1, -0.05) is 78.9 Å². The Balaban J connectivity index is 1.86. The first kappa shape index (κ1) is 15.5. The quantitative estimate of drug-likeness (QED) is 0.682. The number of anilines is 1. The first-order chi connectivity index (χ1) is 12.3.